The second kappa shape index (κ2) is 7.33. The summed E-state index contributed by atoms with van der Waals surface area (Å²) in [5.74, 6) is -0.356. The zero-order valence-electron chi connectivity index (χ0n) is 10.0. The fraction of sp³-hybridized carbons (Fsp3) is 0.909. The molecule has 0 aliphatic heterocycles. The van der Waals surface area contributed by atoms with E-state index in [-0.39, 0.29) is 11.9 Å². The van der Waals surface area contributed by atoms with Gasteiger partial charge in [-0.2, -0.15) is 13.2 Å². The average molecular weight is 332 g/mol. The number of rotatable bonds is 6. The molecule has 106 valence electrons. The lowest BCUT2D eigenvalue weighted by molar-refractivity contribution is -0.178. The van der Waals surface area contributed by atoms with Crippen molar-refractivity contribution in [1.29, 1.82) is 0 Å². The summed E-state index contributed by atoms with van der Waals surface area (Å²) < 4.78 is 40.1. The Kier molecular flexibility index (Phi) is 6.42. The number of hydrogen-bond acceptors (Lipinski definition) is 2. The molecule has 1 rings (SSSR count). The summed E-state index contributed by atoms with van der Waals surface area (Å²) in [5, 5.41) is 0.620. The zero-order chi connectivity index (χ0) is 13.6. The van der Waals surface area contributed by atoms with E-state index in [0.29, 0.717) is 11.9 Å². The van der Waals surface area contributed by atoms with Crippen LogP contribution in [0.1, 0.15) is 25.7 Å². The first-order valence-corrected chi connectivity index (χ1v) is 7.06. The molecule has 3 nitrogen and oxygen atoms in total. The minimum absolute atomic E-state index is 0.157. The number of carbonyl (C=O) groups is 1. The Morgan fingerprint density at radius 1 is 1.33 bits per heavy atom. The van der Waals surface area contributed by atoms with Crippen LogP contribution in [0.2, 0.25) is 0 Å². The maximum absolute atomic E-state index is 11.9. The first-order valence-electron chi connectivity index (χ1n) is 5.94. The van der Waals surface area contributed by atoms with Crippen LogP contribution in [0.15, 0.2) is 0 Å². The maximum Gasteiger partial charge on any atom is 0.411 e. The summed E-state index contributed by atoms with van der Waals surface area (Å²) in [6, 6.07) is 0.157. The summed E-state index contributed by atoms with van der Waals surface area (Å²) in [7, 11) is 0. The fourth-order valence-electron chi connectivity index (χ4n) is 2.15. The van der Waals surface area contributed by atoms with Gasteiger partial charge in [-0.3, -0.25) is 4.79 Å². The van der Waals surface area contributed by atoms with Crippen LogP contribution in [0.5, 0.6) is 0 Å². The number of amides is 1. The number of nitrogens with zero attached hydrogens (tertiary/aromatic N) is 1. The highest BCUT2D eigenvalue weighted by atomic mass is 79.9. The van der Waals surface area contributed by atoms with Gasteiger partial charge in [0.1, 0.15) is 13.2 Å². The van der Waals surface area contributed by atoms with Crippen LogP contribution in [0.25, 0.3) is 0 Å². The van der Waals surface area contributed by atoms with Crippen molar-refractivity contribution < 1.29 is 22.7 Å². The molecule has 0 spiro atoms. The second-order valence-corrected chi connectivity index (χ2v) is 5.12. The predicted molar refractivity (Wildman–Crippen MR) is 64.6 cm³/mol. The Bertz CT molecular complexity index is 268. The monoisotopic (exact) mass is 331 g/mol. The highest BCUT2D eigenvalue weighted by molar-refractivity contribution is 9.09. The first-order chi connectivity index (χ1) is 8.44. The van der Waals surface area contributed by atoms with E-state index in [2.05, 4.69) is 20.7 Å². The zero-order valence-corrected chi connectivity index (χ0v) is 11.6. The van der Waals surface area contributed by atoms with Crippen LogP contribution in [0.4, 0.5) is 13.2 Å². The molecule has 0 radical (unpaired) electrons. The van der Waals surface area contributed by atoms with E-state index in [1.165, 1.54) is 0 Å². The summed E-state index contributed by atoms with van der Waals surface area (Å²) in [4.78, 5) is 13.5. The minimum Gasteiger partial charge on any atom is -0.362 e. The highest BCUT2D eigenvalue weighted by Gasteiger charge is 2.30. The van der Waals surface area contributed by atoms with Gasteiger partial charge in [0.25, 0.3) is 0 Å². The molecule has 0 heterocycles. The van der Waals surface area contributed by atoms with Crippen LogP contribution >= 0.6 is 15.9 Å². The molecule has 0 unspecified atom stereocenters. The number of alkyl halides is 4. The fourth-order valence-corrected chi connectivity index (χ4v) is 2.54. The molecule has 18 heavy (non-hydrogen) atoms. The van der Waals surface area contributed by atoms with Gasteiger partial charge in [-0.15, -0.1) is 0 Å². The van der Waals surface area contributed by atoms with Crippen LogP contribution in [0, 0.1) is 0 Å². The second-order valence-electron chi connectivity index (χ2n) is 4.32. The summed E-state index contributed by atoms with van der Waals surface area (Å²) in [5.41, 5.74) is 0. The van der Waals surface area contributed by atoms with Crippen molar-refractivity contribution in [2.75, 3.05) is 25.1 Å². The summed E-state index contributed by atoms with van der Waals surface area (Å²) in [6.45, 7) is -1.35. The van der Waals surface area contributed by atoms with Crippen molar-refractivity contribution in [1.82, 2.24) is 4.90 Å². The number of hydrogen-bond donors (Lipinski definition) is 0. The molecule has 1 fully saturated rings. The Hall–Kier alpha value is -0.300. The van der Waals surface area contributed by atoms with E-state index < -0.39 is 19.4 Å². The quantitative estimate of drug-likeness (QED) is 0.700. The lowest BCUT2D eigenvalue weighted by Gasteiger charge is -2.28. The molecule has 1 amide bonds. The van der Waals surface area contributed by atoms with Gasteiger partial charge < -0.3 is 9.64 Å². The summed E-state index contributed by atoms with van der Waals surface area (Å²) >= 11 is 3.25. The lowest BCUT2D eigenvalue weighted by Crippen LogP contribution is -2.42. The van der Waals surface area contributed by atoms with Crippen molar-refractivity contribution in [3.8, 4) is 0 Å². The third-order valence-electron chi connectivity index (χ3n) is 2.90. The average Bonchev–Trinajstić information content (AvgIpc) is 2.77. The van der Waals surface area contributed by atoms with Crippen molar-refractivity contribution in [3.05, 3.63) is 0 Å². The van der Waals surface area contributed by atoms with Gasteiger partial charge >= 0.3 is 6.18 Å². The van der Waals surface area contributed by atoms with E-state index in [1.54, 1.807) is 4.90 Å². The van der Waals surface area contributed by atoms with Gasteiger partial charge in [0.05, 0.1) is 0 Å². The molecular weight excluding hydrogens is 315 g/mol. The maximum atomic E-state index is 11.9. The lowest BCUT2D eigenvalue weighted by atomic mass is 10.2. The van der Waals surface area contributed by atoms with Gasteiger partial charge in [0.2, 0.25) is 5.91 Å². The number of carbonyl (C=O) groups excluding carboxylic acids is 1. The molecule has 0 N–H and O–H groups in total. The first kappa shape index (κ1) is 15.8. The number of ether oxygens (including phenoxy) is 1. The smallest absolute Gasteiger partial charge is 0.362 e. The van der Waals surface area contributed by atoms with Crippen molar-refractivity contribution in [2.24, 2.45) is 0 Å². The molecule has 0 atom stereocenters. The Labute approximate surface area is 113 Å². The SMILES string of the molecule is O=C(COCC(F)(F)F)N(CCBr)C1CCCC1. The predicted octanol–water partition coefficient (Wildman–Crippen LogP) is 2.73. The van der Waals surface area contributed by atoms with Crippen LogP contribution in [-0.2, 0) is 9.53 Å². The van der Waals surface area contributed by atoms with E-state index in [1.807, 2.05) is 0 Å². The standard InChI is InChI=1S/C11H17BrF3NO2/c12-5-6-16(9-3-1-2-4-9)10(17)7-18-8-11(13,14)15/h9H,1-8H2. The van der Waals surface area contributed by atoms with E-state index in [4.69, 9.17) is 0 Å². The molecule has 7 heteroatoms. The molecule has 0 saturated heterocycles. The molecular formula is C11H17BrF3NO2. The summed E-state index contributed by atoms with van der Waals surface area (Å²) in [6.07, 6.45) is -0.385. The van der Waals surface area contributed by atoms with Crippen molar-refractivity contribution in [3.63, 3.8) is 0 Å². The van der Waals surface area contributed by atoms with Gasteiger partial charge in [-0.05, 0) is 12.8 Å². The van der Waals surface area contributed by atoms with Gasteiger partial charge in [-0.1, -0.05) is 28.8 Å². The topological polar surface area (TPSA) is 29.5 Å². The third kappa shape index (κ3) is 5.56. The molecule has 0 bridgehead atoms. The normalized spacial score (nSPS) is 17.1. The number of halogens is 4. The van der Waals surface area contributed by atoms with Crippen molar-refractivity contribution >= 4 is 21.8 Å². The largest absolute Gasteiger partial charge is 0.411 e. The van der Waals surface area contributed by atoms with Crippen LogP contribution in [-0.4, -0.2) is 48.1 Å². The third-order valence-corrected chi connectivity index (χ3v) is 3.26. The van der Waals surface area contributed by atoms with E-state index >= 15 is 0 Å². The van der Waals surface area contributed by atoms with E-state index in [0.717, 1.165) is 25.7 Å². The Morgan fingerprint density at radius 3 is 2.44 bits per heavy atom. The van der Waals surface area contributed by atoms with E-state index in [9.17, 15) is 18.0 Å². The molecule has 0 aromatic heterocycles. The van der Waals surface area contributed by atoms with Crippen molar-refractivity contribution in [2.45, 2.75) is 37.9 Å². The molecule has 1 aliphatic rings. The highest BCUT2D eigenvalue weighted by Crippen LogP contribution is 2.23. The van der Waals surface area contributed by atoms with Gasteiger partial charge in [0.15, 0.2) is 0 Å². The molecule has 1 saturated carbocycles. The van der Waals surface area contributed by atoms with Gasteiger partial charge in [-0.25, -0.2) is 0 Å². The Morgan fingerprint density at radius 2 is 1.94 bits per heavy atom. The Balaban J connectivity index is 2.39. The van der Waals surface area contributed by atoms with Gasteiger partial charge in [0, 0.05) is 17.9 Å². The molecule has 1 aliphatic carbocycles. The minimum atomic E-state index is -4.38. The van der Waals surface area contributed by atoms with Crippen LogP contribution < -0.4 is 0 Å². The molecule has 0 aromatic carbocycles. The van der Waals surface area contributed by atoms with Crippen LogP contribution in [0.3, 0.4) is 0 Å². The molecule has 0 aromatic rings.